The zero-order chi connectivity index (χ0) is 9.97. The number of rotatable bonds is 2. The summed E-state index contributed by atoms with van der Waals surface area (Å²) in [5.41, 5.74) is 1.17. The van der Waals surface area contributed by atoms with Gasteiger partial charge in [-0.2, -0.15) is 0 Å². The second-order valence-corrected chi connectivity index (χ2v) is 4.60. The van der Waals surface area contributed by atoms with E-state index in [2.05, 4.69) is 0 Å². The Morgan fingerprint density at radius 1 is 1.43 bits per heavy atom. The van der Waals surface area contributed by atoms with Crippen molar-refractivity contribution in [3.05, 3.63) is 35.9 Å². The first-order valence-electron chi connectivity index (χ1n) is 4.52. The molecule has 0 saturated carbocycles. The molecule has 14 heavy (non-hydrogen) atoms. The Morgan fingerprint density at radius 2 is 2.14 bits per heavy atom. The number of quaternary nitrogens is 1. The van der Waals surface area contributed by atoms with Crippen molar-refractivity contribution in [3.63, 3.8) is 0 Å². The molecule has 0 aliphatic carbocycles. The first kappa shape index (κ1) is 9.55. The van der Waals surface area contributed by atoms with Crippen molar-refractivity contribution in [1.82, 2.24) is 0 Å². The number of carboxylic acid groups (broad SMARTS) is 1. The van der Waals surface area contributed by atoms with Crippen molar-refractivity contribution in [2.24, 2.45) is 0 Å². The summed E-state index contributed by atoms with van der Waals surface area (Å²) in [7, 11) is 0. The van der Waals surface area contributed by atoms with Gasteiger partial charge in [0.05, 0.1) is 17.8 Å². The number of thioether (sulfide) groups is 1. The van der Waals surface area contributed by atoms with Gasteiger partial charge < -0.3 is 15.2 Å². The minimum atomic E-state index is -0.954. The van der Waals surface area contributed by atoms with E-state index in [1.54, 1.807) is 0 Å². The van der Waals surface area contributed by atoms with Crippen molar-refractivity contribution in [2.45, 2.75) is 10.6 Å². The standard InChI is InChI=1S/C10H11NO2S/c12-10(13)8-6-11-9(14-8)7-4-2-1-3-5-7/h1-5,8-9,11H,6H2,(H,12,13)/t8-,9-/m1/s1. The van der Waals surface area contributed by atoms with Gasteiger partial charge in [-0.1, -0.05) is 42.1 Å². The lowest BCUT2D eigenvalue weighted by molar-refractivity contribution is -0.665. The molecule has 2 rings (SSSR count). The van der Waals surface area contributed by atoms with Crippen molar-refractivity contribution in [1.29, 1.82) is 0 Å². The molecule has 0 unspecified atom stereocenters. The Balaban J connectivity index is 2.06. The molecule has 0 aromatic heterocycles. The van der Waals surface area contributed by atoms with E-state index < -0.39 is 5.97 Å². The van der Waals surface area contributed by atoms with E-state index in [1.807, 2.05) is 35.6 Å². The second-order valence-electron chi connectivity index (χ2n) is 3.25. The van der Waals surface area contributed by atoms with E-state index in [0.29, 0.717) is 6.54 Å². The average Bonchev–Trinajstić information content (AvgIpc) is 2.68. The Kier molecular flexibility index (Phi) is 2.74. The first-order chi connectivity index (χ1) is 6.77. The van der Waals surface area contributed by atoms with E-state index in [9.17, 15) is 9.90 Å². The highest BCUT2D eigenvalue weighted by Gasteiger charge is 2.30. The Bertz CT molecular complexity index is 328. The van der Waals surface area contributed by atoms with E-state index in [0.717, 1.165) is 0 Å². The van der Waals surface area contributed by atoms with Gasteiger partial charge in [0, 0.05) is 5.56 Å². The number of nitrogens with two attached hydrogens (primary N) is 1. The summed E-state index contributed by atoms with van der Waals surface area (Å²) in [5.74, 6) is -0.954. The molecular weight excluding hydrogens is 198 g/mol. The van der Waals surface area contributed by atoms with Crippen molar-refractivity contribution in [2.75, 3.05) is 6.54 Å². The molecular formula is C10H11NO2S. The van der Waals surface area contributed by atoms with Gasteiger partial charge in [-0.05, 0) is 0 Å². The maximum absolute atomic E-state index is 10.6. The third-order valence-corrected chi connectivity index (χ3v) is 3.74. The van der Waals surface area contributed by atoms with Gasteiger partial charge in [-0.3, -0.25) is 0 Å². The Morgan fingerprint density at radius 3 is 2.71 bits per heavy atom. The van der Waals surface area contributed by atoms with Gasteiger partial charge in [-0.15, -0.1) is 0 Å². The summed E-state index contributed by atoms with van der Waals surface area (Å²) in [6.45, 7) is 0.604. The summed E-state index contributed by atoms with van der Waals surface area (Å²) in [4.78, 5) is 10.6. The van der Waals surface area contributed by atoms with E-state index in [1.165, 1.54) is 17.3 Å². The lowest BCUT2D eigenvalue weighted by atomic mass is 10.2. The summed E-state index contributed by atoms with van der Waals surface area (Å²) >= 11 is 1.45. The zero-order valence-electron chi connectivity index (χ0n) is 7.55. The van der Waals surface area contributed by atoms with Gasteiger partial charge >= 0.3 is 0 Å². The third-order valence-electron chi connectivity index (χ3n) is 2.27. The van der Waals surface area contributed by atoms with Crippen molar-refractivity contribution >= 4 is 17.7 Å². The van der Waals surface area contributed by atoms with Crippen LogP contribution in [0.1, 0.15) is 10.9 Å². The van der Waals surface area contributed by atoms with Crippen LogP contribution in [0.25, 0.3) is 0 Å². The molecule has 0 amide bonds. The molecule has 1 aliphatic rings. The minimum absolute atomic E-state index is 0.207. The normalized spacial score (nSPS) is 26.3. The first-order valence-corrected chi connectivity index (χ1v) is 5.46. The van der Waals surface area contributed by atoms with Crippen LogP contribution in [-0.4, -0.2) is 17.8 Å². The molecule has 1 saturated heterocycles. The molecule has 74 valence electrons. The molecule has 2 N–H and O–H groups in total. The van der Waals surface area contributed by atoms with Crippen LogP contribution in [0.2, 0.25) is 0 Å². The SMILES string of the molecule is O=C([O-])[C@H]1C[NH2+][C@@H](c2ccccc2)S1. The highest BCUT2D eigenvalue weighted by Crippen LogP contribution is 2.29. The van der Waals surface area contributed by atoms with Gasteiger partial charge in [-0.25, -0.2) is 0 Å². The fourth-order valence-electron chi connectivity index (χ4n) is 1.54. The minimum Gasteiger partial charge on any atom is -0.549 e. The molecule has 4 heteroatoms. The lowest BCUT2D eigenvalue weighted by Crippen LogP contribution is -2.82. The lowest BCUT2D eigenvalue weighted by Gasteiger charge is -2.07. The largest absolute Gasteiger partial charge is 0.549 e. The summed E-state index contributed by atoms with van der Waals surface area (Å²) < 4.78 is 0. The molecule has 3 nitrogen and oxygen atoms in total. The van der Waals surface area contributed by atoms with Crippen LogP contribution in [-0.2, 0) is 4.79 Å². The highest BCUT2D eigenvalue weighted by molar-refractivity contribution is 8.00. The monoisotopic (exact) mass is 209 g/mol. The third kappa shape index (κ3) is 1.91. The maximum atomic E-state index is 10.6. The number of carbonyl (C=O) groups is 1. The van der Waals surface area contributed by atoms with Gasteiger partial charge in [0.2, 0.25) is 0 Å². The Hall–Kier alpha value is -1.00. The molecule has 2 atom stereocenters. The van der Waals surface area contributed by atoms with Crippen LogP contribution in [0, 0.1) is 0 Å². The molecule has 0 bridgehead atoms. The summed E-state index contributed by atoms with van der Waals surface area (Å²) in [6.07, 6.45) is 0. The van der Waals surface area contributed by atoms with Gasteiger partial charge in [0.1, 0.15) is 0 Å². The van der Waals surface area contributed by atoms with Crippen LogP contribution in [0.4, 0.5) is 0 Å². The molecule has 1 fully saturated rings. The number of hydrogen-bond acceptors (Lipinski definition) is 3. The van der Waals surface area contributed by atoms with Crippen LogP contribution in [0.5, 0.6) is 0 Å². The maximum Gasteiger partial charge on any atom is 0.159 e. The zero-order valence-corrected chi connectivity index (χ0v) is 8.37. The number of carboxylic acids is 1. The number of carbonyl (C=O) groups excluding carboxylic acids is 1. The fourth-order valence-corrected chi connectivity index (χ4v) is 2.77. The van der Waals surface area contributed by atoms with E-state index in [4.69, 9.17) is 0 Å². The predicted octanol–water partition coefficient (Wildman–Crippen LogP) is -0.886. The van der Waals surface area contributed by atoms with Crippen molar-refractivity contribution < 1.29 is 15.2 Å². The van der Waals surface area contributed by atoms with Gasteiger partial charge in [0.15, 0.2) is 5.37 Å². The van der Waals surface area contributed by atoms with Crippen LogP contribution >= 0.6 is 11.8 Å². The fraction of sp³-hybridized carbons (Fsp3) is 0.300. The van der Waals surface area contributed by atoms with Crippen molar-refractivity contribution in [3.8, 4) is 0 Å². The molecule has 0 spiro atoms. The quantitative estimate of drug-likeness (QED) is 0.687. The Labute approximate surface area is 86.5 Å². The highest BCUT2D eigenvalue weighted by atomic mass is 32.2. The van der Waals surface area contributed by atoms with Crippen LogP contribution < -0.4 is 10.4 Å². The topological polar surface area (TPSA) is 56.7 Å². The molecule has 1 heterocycles. The summed E-state index contributed by atoms with van der Waals surface area (Å²) in [5, 5.41) is 12.5. The average molecular weight is 209 g/mol. The molecule has 1 aromatic rings. The van der Waals surface area contributed by atoms with E-state index in [-0.39, 0.29) is 10.6 Å². The predicted molar refractivity (Wildman–Crippen MR) is 52.4 cm³/mol. The number of benzene rings is 1. The molecule has 1 aliphatic heterocycles. The number of aliphatic carboxylic acids is 1. The van der Waals surface area contributed by atoms with E-state index >= 15 is 0 Å². The van der Waals surface area contributed by atoms with Crippen LogP contribution in [0.15, 0.2) is 30.3 Å². The van der Waals surface area contributed by atoms with Crippen LogP contribution in [0.3, 0.4) is 0 Å². The second kappa shape index (κ2) is 4.02. The molecule has 1 aromatic carbocycles. The summed E-state index contributed by atoms with van der Waals surface area (Å²) in [6, 6.07) is 9.93. The molecule has 0 radical (unpaired) electrons. The number of hydrogen-bond donors (Lipinski definition) is 1. The smallest absolute Gasteiger partial charge is 0.159 e. The van der Waals surface area contributed by atoms with Gasteiger partial charge in [0.25, 0.3) is 0 Å².